The third-order valence-corrected chi connectivity index (χ3v) is 11.1. The van der Waals surface area contributed by atoms with Crippen molar-refractivity contribution in [1.29, 1.82) is 5.26 Å². The molecule has 0 N–H and O–H groups in total. The highest BCUT2D eigenvalue weighted by Crippen LogP contribution is 2.40. The van der Waals surface area contributed by atoms with Gasteiger partial charge in [-0.2, -0.15) is 5.26 Å². The molecule has 0 atom stereocenters. The van der Waals surface area contributed by atoms with Gasteiger partial charge in [-0.05, 0) is 83.9 Å². The van der Waals surface area contributed by atoms with E-state index in [1.165, 1.54) is 10.8 Å². The van der Waals surface area contributed by atoms with Gasteiger partial charge in [-0.1, -0.05) is 103 Å². The molecule has 55 heavy (non-hydrogen) atoms. The molecule has 0 aliphatic heterocycles. The van der Waals surface area contributed by atoms with Gasteiger partial charge in [0.1, 0.15) is 0 Å². The molecule has 5 nitrogen and oxygen atoms in total. The first-order valence-corrected chi connectivity index (χ1v) is 18.3. The summed E-state index contributed by atoms with van der Waals surface area (Å²) in [6.07, 6.45) is 0. The average Bonchev–Trinajstić information content (AvgIpc) is 3.88. The fraction of sp³-hybridized carbons (Fsp3) is 0. The largest absolute Gasteiger partial charge is 0.319 e. The molecule has 254 valence electrons. The van der Waals surface area contributed by atoms with Gasteiger partial charge in [0, 0.05) is 43.7 Å². The molecule has 8 aromatic carbocycles. The number of hydrogen-bond acceptors (Lipinski definition) is 1. The summed E-state index contributed by atoms with van der Waals surface area (Å²) >= 11 is 0. The SMILES string of the molecule is [C-]#[N+]c1ccc(-c2ccc(-n3c4ccc(C#N)cc4c4ccc(-n5c6ccccc6c6ccccc65)cc43)cc2)cc1-n1c2ccccc2c2ccccc21. The van der Waals surface area contributed by atoms with Crippen LogP contribution in [-0.2, 0) is 0 Å². The zero-order valence-corrected chi connectivity index (χ0v) is 29.5. The van der Waals surface area contributed by atoms with Crippen molar-refractivity contribution in [3.63, 3.8) is 0 Å². The highest BCUT2D eigenvalue weighted by atomic mass is 15.0. The second-order valence-electron chi connectivity index (χ2n) is 14.0. The standard InChI is InChI=1S/C50H29N5/c1-52-43-26-21-34(29-50(43)55-46-16-8-4-12-39(46)40-13-5-9-17-47(40)55)33-19-22-35(23-20-33)53-48-27-18-32(31-51)28-42(48)41-25-24-36(30-49(41)53)54-44-14-6-2-10-37(44)38-11-3-7-15-45(38)54/h2-30H. The van der Waals surface area contributed by atoms with Gasteiger partial charge < -0.3 is 13.7 Å². The van der Waals surface area contributed by atoms with Crippen LogP contribution < -0.4 is 0 Å². The summed E-state index contributed by atoms with van der Waals surface area (Å²) in [5, 5.41) is 16.7. The minimum absolute atomic E-state index is 0.605. The number of hydrogen-bond donors (Lipinski definition) is 0. The van der Waals surface area contributed by atoms with Crippen molar-refractivity contribution in [1.82, 2.24) is 13.7 Å². The van der Waals surface area contributed by atoms with E-state index in [1.54, 1.807) is 0 Å². The Bertz CT molecular complexity index is 3350. The molecule has 0 aliphatic rings. The molecule has 0 radical (unpaired) electrons. The first-order chi connectivity index (χ1) is 27.2. The van der Waals surface area contributed by atoms with Gasteiger partial charge in [-0.25, -0.2) is 4.85 Å². The van der Waals surface area contributed by atoms with E-state index < -0.39 is 0 Å². The third kappa shape index (κ3) is 4.51. The van der Waals surface area contributed by atoms with E-state index in [1.807, 2.05) is 24.3 Å². The smallest absolute Gasteiger partial charge is 0.210 e. The van der Waals surface area contributed by atoms with Crippen molar-refractivity contribution < 1.29 is 0 Å². The maximum absolute atomic E-state index is 9.84. The van der Waals surface area contributed by atoms with Gasteiger partial charge in [0.25, 0.3) is 0 Å². The summed E-state index contributed by atoms with van der Waals surface area (Å²) in [6, 6.07) is 63.7. The van der Waals surface area contributed by atoms with E-state index in [-0.39, 0.29) is 0 Å². The predicted molar refractivity (Wildman–Crippen MR) is 226 cm³/mol. The van der Waals surface area contributed by atoms with Crippen molar-refractivity contribution in [3.05, 3.63) is 193 Å². The van der Waals surface area contributed by atoms with Crippen LogP contribution in [0.1, 0.15) is 5.56 Å². The number of nitriles is 1. The Morgan fingerprint density at radius 2 is 0.891 bits per heavy atom. The fourth-order valence-corrected chi connectivity index (χ4v) is 8.66. The minimum atomic E-state index is 0.605. The Kier molecular flexibility index (Phi) is 6.61. The van der Waals surface area contributed by atoms with Gasteiger partial charge in [0.15, 0.2) is 0 Å². The molecule has 11 aromatic rings. The Hall–Kier alpha value is -7.86. The molecule has 3 aromatic heterocycles. The minimum Gasteiger partial charge on any atom is -0.319 e. The first kappa shape index (κ1) is 30.7. The van der Waals surface area contributed by atoms with E-state index in [9.17, 15) is 5.26 Å². The second kappa shape index (κ2) is 11.8. The lowest BCUT2D eigenvalue weighted by Gasteiger charge is -2.14. The quantitative estimate of drug-likeness (QED) is 0.169. The molecule has 0 unspecified atom stereocenters. The third-order valence-electron chi connectivity index (χ3n) is 11.1. The first-order valence-electron chi connectivity index (χ1n) is 18.3. The number of rotatable bonds is 4. The highest BCUT2D eigenvalue weighted by Gasteiger charge is 2.18. The molecule has 5 heteroatoms. The van der Waals surface area contributed by atoms with Crippen LogP contribution in [0.4, 0.5) is 5.69 Å². The van der Waals surface area contributed by atoms with Crippen LogP contribution in [0.5, 0.6) is 0 Å². The molecular formula is C50H29N5. The number of para-hydroxylation sites is 4. The van der Waals surface area contributed by atoms with Crippen molar-refractivity contribution in [3.8, 4) is 34.3 Å². The van der Waals surface area contributed by atoms with Crippen LogP contribution in [0.25, 0.3) is 98.5 Å². The molecule has 0 amide bonds. The number of aromatic nitrogens is 3. The maximum Gasteiger partial charge on any atom is 0.210 e. The van der Waals surface area contributed by atoms with Crippen LogP contribution in [0, 0.1) is 17.9 Å². The van der Waals surface area contributed by atoms with Crippen LogP contribution in [0.3, 0.4) is 0 Å². The molecule has 0 saturated carbocycles. The van der Waals surface area contributed by atoms with Crippen molar-refractivity contribution in [2.45, 2.75) is 0 Å². The Labute approximate surface area is 316 Å². The summed E-state index contributed by atoms with van der Waals surface area (Å²) in [5.74, 6) is 0. The van der Waals surface area contributed by atoms with Crippen molar-refractivity contribution in [2.75, 3.05) is 0 Å². The molecule has 0 aliphatic carbocycles. The van der Waals surface area contributed by atoms with Crippen LogP contribution >= 0.6 is 0 Å². The molecule has 3 heterocycles. The van der Waals surface area contributed by atoms with E-state index in [2.05, 4.69) is 176 Å². The van der Waals surface area contributed by atoms with E-state index >= 15 is 0 Å². The van der Waals surface area contributed by atoms with Gasteiger partial charge in [0.2, 0.25) is 5.69 Å². The van der Waals surface area contributed by atoms with Crippen LogP contribution in [-0.4, -0.2) is 13.7 Å². The topological polar surface area (TPSA) is 42.9 Å². The molecule has 11 rings (SSSR count). The Balaban J connectivity index is 1.08. The average molecular weight is 700 g/mol. The summed E-state index contributed by atoms with van der Waals surface area (Å²) in [4.78, 5) is 3.96. The lowest BCUT2D eigenvalue weighted by molar-refractivity contribution is 1.15. The number of benzene rings is 8. The van der Waals surface area contributed by atoms with Gasteiger partial charge in [-0.15, -0.1) is 0 Å². The fourth-order valence-electron chi connectivity index (χ4n) is 8.66. The molecule has 0 bridgehead atoms. The number of nitrogens with zero attached hydrogens (tertiary/aromatic N) is 5. The van der Waals surface area contributed by atoms with Crippen molar-refractivity contribution in [2.24, 2.45) is 0 Å². The van der Waals surface area contributed by atoms with Gasteiger partial charge >= 0.3 is 0 Å². The van der Waals surface area contributed by atoms with Crippen LogP contribution in [0.2, 0.25) is 0 Å². The normalized spacial score (nSPS) is 11.6. The summed E-state index contributed by atoms with van der Waals surface area (Å²) in [5.41, 5.74) is 12.9. The lowest BCUT2D eigenvalue weighted by Crippen LogP contribution is -1.97. The van der Waals surface area contributed by atoms with E-state index in [4.69, 9.17) is 6.57 Å². The monoisotopic (exact) mass is 699 g/mol. The Morgan fingerprint density at radius 1 is 0.400 bits per heavy atom. The molecule has 0 saturated heterocycles. The lowest BCUT2D eigenvalue weighted by atomic mass is 10.0. The van der Waals surface area contributed by atoms with E-state index in [0.717, 1.165) is 82.8 Å². The molecule has 0 fully saturated rings. The second-order valence-corrected chi connectivity index (χ2v) is 14.0. The summed E-state index contributed by atoms with van der Waals surface area (Å²) in [7, 11) is 0. The molecule has 0 spiro atoms. The molecular weight excluding hydrogens is 671 g/mol. The highest BCUT2D eigenvalue weighted by molar-refractivity contribution is 6.13. The van der Waals surface area contributed by atoms with Crippen molar-refractivity contribution >= 4 is 71.1 Å². The summed E-state index contributed by atoms with van der Waals surface area (Å²) in [6.45, 7) is 8.07. The Morgan fingerprint density at radius 3 is 1.47 bits per heavy atom. The predicted octanol–water partition coefficient (Wildman–Crippen LogP) is 13.1. The summed E-state index contributed by atoms with van der Waals surface area (Å²) < 4.78 is 6.87. The van der Waals surface area contributed by atoms with E-state index in [0.29, 0.717) is 11.3 Å². The zero-order valence-electron chi connectivity index (χ0n) is 29.5. The number of fused-ring (bicyclic) bond motifs is 9. The zero-order chi connectivity index (χ0) is 36.6. The van der Waals surface area contributed by atoms with Gasteiger partial charge in [0.05, 0.1) is 57.0 Å². The van der Waals surface area contributed by atoms with Gasteiger partial charge in [-0.3, -0.25) is 0 Å². The van der Waals surface area contributed by atoms with Crippen LogP contribution in [0.15, 0.2) is 176 Å². The maximum atomic E-state index is 9.84.